The van der Waals surface area contributed by atoms with Gasteiger partial charge in [0.2, 0.25) is 0 Å². The van der Waals surface area contributed by atoms with Crippen LogP contribution in [0.1, 0.15) is 34.6 Å². The van der Waals surface area contributed by atoms with Crippen LogP contribution in [0.2, 0.25) is 0 Å². The SMILES string of the molecule is C=C(C)C(=O)OCC(=O)OC(C)(C)C#CC(C)C. The highest BCUT2D eigenvalue weighted by molar-refractivity contribution is 5.88. The Morgan fingerprint density at radius 2 is 1.89 bits per heavy atom. The Labute approximate surface area is 108 Å². The van der Waals surface area contributed by atoms with Gasteiger partial charge in [0.05, 0.1) is 0 Å². The lowest BCUT2D eigenvalue weighted by Crippen LogP contribution is -2.29. The molecule has 0 radical (unpaired) electrons. The van der Waals surface area contributed by atoms with Crippen LogP contribution in [0, 0.1) is 17.8 Å². The second-order valence-corrected chi connectivity index (χ2v) is 4.76. The minimum Gasteiger partial charge on any atom is -0.450 e. The largest absolute Gasteiger partial charge is 0.450 e. The Bertz CT molecular complexity index is 394. The van der Waals surface area contributed by atoms with E-state index >= 15 is 0 Å². The van der Waals surface area contributed by atoms with Crippen molar-refractivity contribution in [3.05, 3.63) is 12.2 Å². The van der Waals surface area contributed by atoms with Crippen molar-refractivity contribution in [1.82, 2.24) is 0 Å². The third-order valence-corrected chi connectivity index (χ3v) is 1.70. The molecule has 0 saturated heterocycles. The van der Waals surface area contributed by atoms with Crippen LogP contribution in [0.5, 0.6) is 0 Å². The molecular formula is C14H20O4. The highest BCUT2D eigenvalue weighted by atomic mass is 16.6. The van der Waals surface area contributed by atoms with Gasteiger partial charge in [-0.05, 0) is 20.8 Å². The summed E-state index contributed by atoms with van der Waals surface area (Å²) in [5.74, 6) is 4.73. The van der Waals surface area contributed by atoms with Gasteiger partial charge < -0.3 is 9.47 Å². The number of rotatable bonds is 4. The zero-order valence-electron chi connectivity index (χ0n) is 11.6. The third kappa shape index (κ3) is 7.50. The summed E-state index contributed by atoms with van der Waals surface area (Å²) in [7, 11) is 0. The molecule has 0 aromatic carbocycles. The molecule has 0 rings (SSSR count). The molecule has 0 aliphatic rings. The van der Waals surface area contributed by atoms with Gasteiger partial charge in [0.25, 0.3) is 0 Å². The van der Waals surface area contributed by atoms with Crippen LogP contribution in [-0.4, -0.2) is 24.1 Å². The second-order valence-electron chi connectivity index (χ2n) is 4.76. The molecule has 18 heavy (non-hydrogen) atoms. The zero-order chi connectivity index (χ0) is 14.3. The molecule has 4 heteroatoms. The average molecular weight is 252 g/mol. The fourth-order valence-corrected chi connectivity index (χ4v) is 0.905. The molecule has 0 fully saturated rings. The number of ether oxygens (including phenoxy) is 2. The molecular weight excluding hydrogens is 232 g/mol. The van der Waals surface area contributed by atoms with Crippen molar-refractivity contribution in [2.45, 2.75) is 40.2 Å². The lowest BCUT2D eigenvalue weighted by Gasteiger charge is -2.18. The molecule has 0 atom stereocenters. The number of hydrogen-bond donors (Lipinski definition) is 0. The Morgan fingerprint density at radius 3 is 2.33 bits per heavy atom. The van der Waals surface area contributed by atoms with E-state index < -0.39 is 24.1 Å². The van der Waals surface area contributed by atoms with Crippen LogP contribution >= 0.6 is 0 Å². The summed E-state index contributed by atoms with van der Waals surface area (Å²) in [6.07, 6.45) is 0. The van der Waals surface area contributed by atoms with E-state index in [1.54, 1.807) is 13.8 Å². The van der Waals surface area contributed by atoms with Crippen molar-refractivity contribution < 1.29 is 19.1 Å². The highest BCUT2D eigenvalue weighted by Gasteiger charge is 2.21. The Morgan fingerprint density at radius 1 is 1.33 bits per heavy atom. The van der Waals surface area contributed by atoms with Gasteiger partial charge in [0.15, 0.2) is 12.2 Å². The maximum absolute atomic E-state index is 11.4. The van der Waals surface area contributed by atoms with E-state index in [-0.39, 0.29) is 11.5 Å². The number of hydrogen-bond acceptors (Lipinski definition) is 4. The first kappa shape index (κ1) is 16.2. The quantitative estimate of drug-likeness (QED) is 0.437. The summed E-state index contributed by atoms with van der Waals surface area (Å²) in [6.45, 7) is 11.7. The van der Waals surface area contributed by atoms with Crippen molar-refractivity contribution in [3.63, 3.8) is 0 Å². The minimum atomic E-state index is -0.892. The van der Waals surface area contributed by atoms with Crippen LogP contribution in [-0.2, 0) is 19.1 Å². The van der Waals surface area contributed by atoms with Crippen molar-refractivity contribution in [1.29, 1.82) is 0 Å². The number of carbonyl (C=O) groups is 2. The lowest BCUT2D eigenvalue weighted by atomic mass is 10.1. The van der Waals surface area contributed by atoms with E-state index in [9.17, 15) is 9.59 Å². The minimum absolute atomic E-state index is 0.198. The van der Waals surface area contributed by atoms with E-state index in [4.69, 9.17) is 4.74 Å². The highest BCUT2D eigenvalue weighted by Crippen LogP contribution is 2.08. The van der Waals surface area contributed by atoms with E-state index in [2.05, 4.69) is 23.2 Å². The van der Waals surface area contributed by atoms with Gasteiger partial charge in [-0.1, -0.05) is 32.3 Å². The smallest absolute Gasteiger partial charge is 0.345 e. The zero-order valence-corrected chi connectivity index (χ0v) is 11.6. The maximum atomic E-state index is 11.4. The maximum Gasteiger partial charge on any atom is 0.345 e. The molecule has 0 spiro atoms. The number of esters is 2. The summed E-state index contributed by atoms with van der Waals surface area (Å²) >= 11 is 0. The number of carbonyl (C=O) groups excluding carboxylic acids is 2. The Hall–Kier alpha value is -1.76. The average Bonchev–Trinajstić information content (AvgIpc) is 2.22. The first-order chi connectivity index (χ1) is 8.14. The fraction of sp³-hybridized carbons (Fsp3) is 0.571. The molecule has 0 aliphatic carbocycles. The van der Waals surface area contributed by atoms with Crippen LogP contribution in [0.4, 0.5) is 0 Å². The van der Waals surface area contributed by atoms with Gasteiger partial charge in [-0.15, -0.1) is 0 Å². The van der Waals surface area contributed by atoms with Crippen LogP contribution in [0.25, 0.3) is 0 Å². The summed E-state index contributed by atoms with van der Waals surface area (Å²) in [6, 6.07) is 0. The normalized spacial score (nSPS) is 10.3. The summed E-state index contributed by atoms with van der Waals surface area (Å²) in [5, 5.41) is 0. The summed E-state index contributed by atoms with van der Waals surface area (Å²) in [4.78, 5) is 22.5. The molecule has 0 unspecified atom stereocenters. The summed E-state index contributed by atoms with van der Waals surface area (Å²) < 4.78 is 9.77. The van der Waals surface area contributed by atoms with Crippen LogP contribution < -0.4 is 0 Å². The standard InChI is InChI=1S/C14H20O4/c1-10(2)7-8-14(5,6)18-12(15)9-17-13(16)11(3)4/h10H,3,9H2,1-2,4-6H3. The molecule has 0 aliphatic heterocycles. The van der Waals surface area contributed by atoms with E-state index in [1.165, 1.54) is 6.92 Å². The molecule has 0 bridgehead atoms. The summed E-state index contributed by atoms with van der Waals surface area (Å²) in [5.41, 5.74) is -0.654. The van der Waals surface area contributed by atoms with Crippen molar-refractivity contribution in [2.24, 2.45) is 5.92 Å². The third-order valence-electron chi connectivity index (χ3n) is 1.70. The van der Waals surface area contributed by atoms with Crippen molar-refractivity contribution in [2.75, 3.05) is 6.61 Å². The van der Waals surface area contributed by atoms with Gasteiger partial charge in [-0.25, -0.2) is 9.59 Å². The van der Waals surface area contributed by atoms with E-state index in [1.807, 2.05) is 13.8 Å². The first-order valence-electron chi connectivity index (χ1n) is 5.71. The molecule has 0 amide bonds. The van der Waals surface area contributed by atoms with Gasteiger partial charge in [0.1, 0.15) is 0 Å². The Kier molecular flexibility index (Phi) is 6.18. The predicted molar refractivity (Wildman–Crippen MR) is 68.6 cm³/mol. The molecule has 0 heterocycles. The first-order valence-corrected chi connectivity index (χ1v) is 5.71. The monoisotopic (exact) mass is 252 g/mol. The molecule has 0 aromatic heterocycles. The van der Waals surface area contributed by atoms with Gasteiger partial charge >= 0.3 is 11.9 Å². The Balaban J connectivity index is 4.29. The fourth-order valence-electron chi connectivity index (χ4n) is 0.905. The molecule has 100 valence electrons. The van der Waals surface area contributed by atoms with Crippen molar-refractivity contribution >= 4 is 11.9 Å². The van der Waals surface area contributed by atoms with E-state index in [0.717, 1.165) is 0 Å². The lowest BCUT2D eigenvalue weighted by molar-refractivity contribution is -0.162. The predicted octanol–water partition coefficient (Wildman–Crippen LogP) is 2.09. The van der Waals surface area contributed by atoms with Gasteiger partial charge in [-0.3, -0.25) is 0 Å². The van der Waals surface area contributed by atoms with Crippen LogP contribution in [0.3, 0.4) is 0 Å². The second kappa shape index (κ2) is 6.85. The molecule has 0 N–H and O–H groups in total. The molecule has 0 saturated carbocycles. The van der Waals surface area contributed by atoms with E-state index in [0.29, 0.717) is 0 Å². The van der Waals surface area contributed by atoms with Gasteiger partial charge in [0, 0.05) is 11.5 Å². The topological polar surface area (TPSA) is 52.6 Å². The molecule has 4 nitrogen and oxygen atoms in total. The van der Waals surface area contributed by atoms with Gasteiger partial charge in [-0.2, -0.15) is 0 Å². The van der Waals surface area contributed by atoms with Crippen LogP contribution in [0.15, 0.2) is 12.2 Å². The van der Waals surface area contributed by atoms with Crippen molar-refractivity contribution in [3.8, 4) is 11.8 Å². The molecule has 0 aromatic rings.